The number of furan rings is 1. The van der Waals surface area contributed by atoms with E-state index in [-0.39, 0.29) is 5.91 Å². The van der Waals surface area contributed by atoms with E-state index in [0.717, 1.165) is 24.5 Å². The van der Waals surface area contributed by atoms with Crippen LogP contribution in [0.5, 0.6) is 0 Å². The quantitative estimate of drug-likeness (QED) is 0.858. The molecule has 1 aliphatic rings. The van der Waals surface area contributed by atoms with Gasteiger partial charge >= 0.3 is 0 Å². The number of aromatic nitrogens is 2. The fourth-order valence-corrected chi connectivity index (χ4v) is 3.24. The largest absolute Gasteiger partial charge is 0.466 e. The molecule has 22 heavy (non-hydrogen) atoms. The van der Waals surface area contributed by atoms with E-state index in [1.807, 2.05) is 24.8 Å². The Kier molecular flexibility index (Phi) is 4.46. The summed E-state index contributed by atoms with van der Waals surface area (Å²) in [5.74, 6) is 1.50. The Bertz CT molecular complexity index is 676. The molecule has 1 fully saturated rings. The number of piperazine rings is 1. The molecule has 0 bridgehead atoms. The molecular weight excluding hydrogens is 324 g/mol. The number of halogens is 1. The molecule has 0 radical (unpaired) electrons. The molecule has 8 heteroatoms. The molecule has 0 N–H and O–H groups in total. The third-order valence-corrected chi connectivity index (χ3v) is 4.80. The molecule has 2 aromatic rings. The number of hydrogen-bond acceptors (Lipinski definition) is 6. The third kappa shape index (κ3) is 3.16. The molecule has 118 valence electrons. The average Bonchev–Trinajstić information content (AvgIpc) is 3.05. The molecule has 0 atom stereocenters. The first-order valence-electron chi connectivity index (χ1n) is 7.10. The fourth-order valence-electron chi connectivity index (χ4n) is 2.63. The number of nitrogens with zero attached hydrogens (tertiary/aromatic N) is 4. The highest BCUT2D eigenvalue weighted by Crippen LogP contribution is 2.20. The zero-order valence-electron chi connectivity index (χ0n) is 12.5. The van der Waals surface area contributed by atoms with Gasteiger partial charge in [-0.1, -0.05) is 16.1 Å². The molecule has 0 spiro atoms. The second-order valence-electron chi connectivity index (χ2n) is 5.39. The minimum atomic E-state index is 0.0438. The van der Waals surface area contributed by atoms with Gasteiger partial charge in [0.15, 0.2) is 0 Å². The van der Waals surface area contributed by atoms with Gasteiger partial charge in [0, 0.05) is 44.3 Å². The van der Waals surface area contributed by atoms with Crippen molar-refractivity contribution in [2.75, 3.05) is 26.2 Å². The lowest BCUT2D eigenvalue weighted by Gasteiger charge is -2.34. The first-order valence-corrected chi connectivity index (χ1v) is 8.25. The van der Waals surface area contributed by atoms with E-state index in [4.69, 9.17) is 16.0 Å². The Morgan fingerprint density at radius 3 is 2.64 bits per heavy atom. The highest BCUT2D eigenvalue weighted by atomic mass is 35.5. The number of amides is 1. The van der Waals surface area contributed by atoms with Crippen LogP contribution in [-0.2, 0) is 6.54 Å². The summed E-state index contributed by atoms with van der Waals surface area (Å²) in [7, 11) is 0. The molecule has 1 amide bonds. The van der Waals surface area contributed by atoms with Crippen LogP contribution in [0.1, 0.15) is 27.6 Å². The van der Waals surface area contributed by atoms with Crippen LogP contribution >= 0.6 is 23.1 Å². The van der Waals surface area contributed by atoms with Crippen LogP contribution in [0, 0.1) is 13.8 Å². The summed E-state index contributed by atoms with van der Waals surface area (Å²) < 4.78 is 9.93. The summed E-state index contributed by atoms with van der Waals surface area (Å²) in [4.78, 5) is 16.6. The summed E-state index contributed by atoms with van der Waals surface area (Å²) in [6, 6.07) is 1.81. The van der Waals surface area contributed by atoms with Crippen molar-refractivity contribution in [3.8, 4) is 0 Å². The van der Waals surface area contributed by atoms with Gasteiger partial charge in [0.25, 0.3) is 5.91 Å². The summed E-state index contributed by atoms with van der Waals surface area (Å²) in [6.45, 7) is 7.35. The first kappa shape index (κ1) is 15.5. The average molecular weight is 341 g/mol. The Balaban J connectivity index is 1.58. The minimum Gasteiger partial charge on any atom is -0.466 e. The van der Waals surface area contributed by atoms with Crippen molar-refractivity contribution in [2.45, 2.75) is 20.4 Å². The Morgan fingerprint density at radius 2 is 2.09 bits per heavy atom. The third-order valence-electron chi connectivity index (χ3n) is 3.81. The van der Waals surface area contributed by atoms with Gasteiger partial charge < -0.3 is 9.32 Å². The van der Waals surface area contributed by atoms with Crippen molar-refractivity contribution in [2.24, 2.45) is 0 Å². The van der Waals surface area contributed by atoms with Crippen molar-refractivity contribution in [3.63, 3.8) is 0 Å². The van der Waals surface area contributed by atoms with Crippen LogP contribution in [0.2, 0.25) is 4.34 Å². The maximum Gasteiger partial charge on any atom is 0.257 e. The summed E-state index contributed by atoms with van der Waals surface area (Å²) in [6.07, 6.45) is 0. The predicted molar refractivity (Wildman–Crippen MR) is 84.3 cm³/mol. The van der Waals surface area contributed by atoms with E-state index in [0.29, 0.717) is 35.3 Å². The lowest BCUT2D eigenvalue weighted by Crippen LogP contribution is -2.48. The maximum atomic E-state index is 12.5. The molecule has 0 unspecified atom stereocenters. The van der Waals surface area contributed by atoms with E-state index in [9.17, 15) is 4.79 Å². The standard InChI is InChI=1S/C14H17ClN4O2S/c1-9-7-11(10(2)21-9)14(20)19-5-3-18(4-6-19)8-12-13(15)22-17-16-12/h7H,3-6,8H2,1-2H3. The Hall–Kier alpha value is -1.44. The maximum absolute atomic E-state index is 12.5. The van der Waals surface area contributed by atoms with Crippen LogP contribution in [0.25, 0.3) is 0 Å². The van der Waals surface area contributed by atoms with Crippen LogP contribution in [0.3, 0.4) is 0 Å². The topological polar surface area (TPSA) is 62.5 Å². The van der Waals surface area contributed by atoms with Gasteiger partial charge in [-0.15, -0.1) is 5.10 Å². The number of carbonyl (C=O) groups excluding carboxylic acids is 1. The molecule has 1 saturated heterocycles. The van der Waals surface area contributed by atoms with Gasteiger partial charge in [0.05, 0.1) is 5.56 Å². The Labute approximate surface area is 137 Å². The molecule has 0 saturated carbocycles. The SMILES string of the molecule is Cc1cc(C(=O)N2CCN(Cc3nnsc3Cl)CC2)c(C)o1. The second-order valence-corrected chi connectivity index (χ2v) is 6.74. The zero-order valence-corrected chi connectivity index (χ0v) is 14.1. The highest BCUT2D eigenvalue weighted by Gasteiger charge is 2.25. The van der Waals surface area contributed by atoms with Crippen molar-refractivity contribution in [3.05, 3.63) is 33.2 Å². The lowest BCUT2D eigenvalue weighted by molar-refractivity contribution is 0.0625. The van der Waals surface area contributed by atoms with Crippen LogP contribution in [0.4, 0.5) is 0 Å². The number of aryl methyl sites for hydroxylation is 2. The first-order chi connectivity index (χ1) is 10.5. The van der Waals surface area contributed by atoms with E-state index in [1.165, 1.54) is 11.5 Å². The minimum absolute atomic E-state index is 0.0438. The predicted octanol–water partition coefficient (Wildman–Crippen LogP) is 2.36. The van der Waals surface area contributed by atoms with Gasteiger partial charge in [0.2, 0.25) is 0 Å². The van der Waals surface area contributed by atoms with E-state index < -0.39 is 0 Å². The van der Waals surface area contributed by atoms with E-state index in [2.05, 4.69) is 14.5 Å². The molecule has 1 aliphatic heterocycles. The van der Waals surface area contributed by atoms with Crippen molar-refractivity contribution < 1.29 is 9.21 Å². The van der Waals surface area contributed by atoms with Crippen LogP contribution < -0.4 is 0 Å². The molecule has 2 aromatic heterocycles. The van der Waals surface area contributed by atoms with E-state index >= 15 is 0 Å². The van der Waals surface area contributed by atoms with Gasteiger partial charge in [0.1, 0.15) is 21.6 Å². The van der Waals surface area contributed by atoms with Crippen LogP contribution in [-0.4, -0.2) is 51.5 Å². The summed E-state index contributed by atoms with van der Waals surface area (Å²) in [5.41, 5.74) is 1.48. The van der Waals surface area contributed by atoms with E-state index in [1.54, 1.807) is 0 Å². The smallest absolute Gasteiger partial charge is 0.257 e. The van der Waals surface area contributed by atoms with Crippen LogP contribution in [0.15, 0.2) is 10.5 Å². The molecule has 6 nitrogen and oxygen atoms in total. The van der Waals surface area contributed by atoms with Gasteiger partial charge in [-0.25, -0.2) is 0 Å². The lowest BCUT2D eigenvalue weighted by atomic mass is 10.2. The normalized spacial score (nSPS) is 16.2. The molecule has 3 rings (SSSR count). The molecule has 3 heterocycles. The van der Waals surface area contributed by atoms with Crippen molar-refractivity contribution in [1.29, 1.82) is 0 Å². The highest BCUT2D eigenvalue weighted by molar-refractivity contribution is 7.10. The molecule has 0 aliphatic carbocycles. The van der Waals surface area contributed by atoms with Crippen molar-refractivity contribution in [1.82, 2.24) is 19.4 Å². The molecule has 0 aromatic carbocycles. The second kappa shape index (κ2) is 6.36. The zero-order chi connectivity index (χ0) is 15.7. The monoisotopic (exact) mass is 340 g/mol. The van der Waals surface area contributed by atoms with Crippen molar-refractivity contribution >= 4 is 29.0 Å². The molecular formula is C14H17ClN4O2S. The number of rotatable bonds is 3. The van der Waals surface area contributed by atoms with Gasteiger partial charge in [-0.2, -0.15) is 0 Å². The number of carbonyl (C=O) groups is 1. The summed E-state index contributed by atoms with van der Waals surface area (Å²) >= 11 is 7.23. The fraction of sp³-hybridized carbons (Fsp3) is 0.500. The Morgan fingerprint density at radius 1 is 1.36 bits per heavy atom. The van der Waals surface area contributed by atoms with Gasteiger partial charge in [-0.3, -0.25) is 9.69 Å². The number of hydrogen-bond donors (Lipinski definition) is 0. The summed E-state index contributed by atoms with van der Waals surface area (Å²) in [5, 5.41) is 4.03. The van der Waals surface area contributed by atoms with Gasteiger partial charge in [-0.05, 0) is 19.9 Å².